The van der Waals surface area contributed by atoms with Crippen LogP contribution in [0.1, 0.15) is 24.8 Å². The molecule has 104 valence electrons. The van der Waals surface area contributed by atoms with Gasteiger partial charge in [0.15, 0.2) is 0 Å². The summed E-state index contributed by atoms with van der Waals surface area (Å²) in [6, 6.07) is 5.03. The molecule has 0 aromatic heterocycles. The van der Waals surface area contributed by atoms with Crippen LogP contribution >= 0.6 is 11.6 Å². The summed E-state index contributed by atoms with van der Waals surface area (Å²) < 4.78 is 13.8. The van der Waals surface area contributed by atoms with Gasteiger partial charge in [-0.2, -0.15) is 0 Å². The van der Waals surface area contributed by atoms with Gasteiger partial charge in [0, 0.05) is 25.1 Å². The number of carboxylic acid groups (broad SMARTS) is 1. The summed E-state index contributed by atoms with van der Waals surface area (Å²) in [6.45, 7) is 2.26. The molecule has 0 spiro atoms. The lowest BCUT2D eigenvalue weighted by atomic mass is 10.0. The molecular formula is C14H17ClFNO2. The van der Waals surface area contributed by atoms with Gasteiger partial charge < -0.3 is 5.11 Å². The minimum Gasteiger partial charge on any atom is -0.481 e. The molecule has 1 fully saturated rings. The summed E-state index contributed by atoms with van der Waals surface area (Å²) in [5, 5.41) is 8.82. The van der Waals surface area contributed by atoms with Crippen molar-refractivity contribution in [2.45, 2.75) is 25.8 Å². The van der Waals surface area contributed by atoms with Crippen molar-refractivity contribution in [1.29, 1.82) is 0 Å². The summed E-state index contributed by atoms with van der Waals surface area (Å²) in [7, 11) is 0. The van der Waals surface area contributed by atoms with Crippen LogP contribution in [0, 0.1) is 11.7 Å². The van der Waals surface area contributed by atoms with Gasteiger partial charge in [0.2, 0.25) is 0 Å². The summed E-state index contributed by atoms with van der Waals surface area (Å²) in [4.78, 5) is 12.7. The van der Waals surface area contributed by atoms with Gasteiger partial charge in [-0.3, -0.25) is 9.69 Å². The Morgan fingerprint density at radius 3 is 3.05 bits per heavy atom. The van der Waals surface area contributed by atoms with Crippen LogP contribution in [0.5, 0.6) is 0 Å². The fraction of sp³-hybridized carbons (Fsp3) is 0.500. The first-order valence-corrected chi connectivity index (χ1v) is 6.81. The second kappa shape index (κ2) is 6.35. The van der Waals surface area contributed by atoms with E-state index in [1.165, 1.54) is 0 Å². The van der Waals surface area contributed by atoms with Crippen LogP contribution in [-0.4, -0.2) is 29.1 Å². The largest absolute Gasteiger partial charge is 0.481 e. The van der Waals surface area contributed by atoms with Crippen molar-refractivity contribution >= 4 is 17.6 Å². The lowest BCUT2D eigenvalue weighted by Crippen LogP contribution is -2.21. The number of hydrogen-bond acceptors (Lipinski definition) is 2. The molecule has 0 saturated carbocycles. The third kappa shape index (κ3) is 3.91. The molecule has 1 aromatic carbocycles. The maximum Gasteiger partial charge on any atom is 0.303 e. The van der Waals surface area contributed by atoms with Crippen molar-refractivity contribution in [2.24, 2.45) is 5.92 Å². The Morgan fingerprint density at radius 1 is 1.53 bits per heavy atom. The molecule has 1 unspecified atom stereocenters. The van der Waals surface area contributed by atoms with Gasteiger partial charge >= 0.3 is 5.97 Å². The second-order valence-electron chi connectivity index (χ2n) is 5.04. The highest BCUT2D eigenvalue weighted by molar-refractivity contribution is 6.30. The van der Waals surface area contributed by atoms with Crippen LogP contribution in [0.4, 0.5) is 4.39 Å². The number of likely N-dealkylation sites (tertiary alicyclic amines) is 1. The van der Waals surface area contributed by atoms with Gasteiger partial charge in [0.1, 0.15) is 5.82 Å². The number of halogens is 2. The first kappa shape index (κ1) is 14.3. The Labute approximate surface area is 117 Å². The van der Waals surface area contributed by atoms with Crippen molar-refractivity contribution in [1.82, 2.24) is 4.90 Å². The van der Waals surface area contributed by atoms with E-state index in [0.29, 0.717) is 24.4 Å². The van der Waals surface area contributed by atoms with Crippen LogP contribution in [0.15, 0.2) is 18.2 Å². The molecule has 2 rings (SSSR count). The molecule has 0 aliphatic carbocycles. The summed E-state index contributed by atoms with van der Waals surface area (Å²) in [6.07, 6.45) is 1.89. The molecule has 19 heavy (non-hydrogen) atoms. The van der Waals surface area contributed by atoms with E-state index in [-0.39, 0.29) is 17.3 Å². The minimum absolute atomic E-state index is 0.152. The predicted molar refractivity (Wildman–Crippen MR) is 71.7 cm³/mol. The molecule has 1 atom stereocenters. The van der Waals surface area contributed by atoms with Crippen LogP contribution in [0.2, 0.25) is 5.02 Å². The van der Waals surface area contributed by atoms with Gasteiger partial charge in [0.25, 0.3) is 0 Å². The maximum absolute atomic E-state index is 13.8. The van der Waals surface area contributed by atoms with Crippen molar-refractivity contribution in [2.75, 3.05) is 13.1 Å². The number of aliphatic carboxylic acids is 1. The summed E-state index contributed by atoms with van der Waals surface area (Å²) in [5.41, 5.74) is 0.603. The Kier molecular flexibility index (Phi) is 4.77. The molecule has 3 nitrogen and oxygen atoms in total. The second-order valence-corrected chi connectivity index (χ2v) is 5.44. The highest BCUT2D eigenvalue weighted by Crippen LogP contribution is 2.25. The Balaban J connectivity index is 1.88. The fourth-order valence-electron chi connectivity index (χ4n) is 2.53. The van der Waals surface area contributed by atoms with E-state index in [1.807, 2.05) is 0 Å². The highest BCUT2D eigenvalue weighted by Gasteiger charge is 2.23. The average molecular weight is 286 g/mol. The topological polar surface area (TPSA) is 40.5 Å². The van der Waals surface area contributed by atoms with Crippen LogP contribution in [0.25, 0.3) is 0 Å². The Hall–Kier alpha value is -1.13. The zero-order chi connectivity index (χ0) is 13.8. The van der Waals surface area contributed by atoms with Gasteiger partial charge in [-0.05, 0) is 31.4 Å². The molecule has 0 bridgehead atoms. The highest BCUT2D eigenvalue weighted by atomic mass is 35.5. The zero-order valence-electron chi connectivity index (χ0n) is 10.6. The molecule has 0 radical (unpaired) electrons. The SMILES string of the molecule is O=C(O)CCC1CCN(Cc2cccc(Cl)c2F)C1. The predicted octanol–water partition coefficient (Wildman–Crippen LogP) is 3.17. The first-order chi connectivity index (χ1) is 9.06. The smallest absolute Gasteiger partial charge is 0.303 e. The van der Waals surface area contributed by atoms with Gasteiger partial charge in [-0.25, -0.2) is 4.39 Å². The van der Waals surface area contributed by atoms with Crippen LogP contribution in [-0.2, 0) is 11.3 Å². The van der Waals surface area contributed by atoms with E-state index in [2.05, 4.69) is 4.90 Å². The molecule has 1 aromatic rings. The van der Waals surface area contributed by atoms with E-state index in [9.17, 15) is 9.18 Å². The standard InChI is InChI=1S/C14H17ClFNO2/c15-12-3-1-2-11(14(12)16)9-17-7-6-10(8-17)4-5-13(18)19/h1-3,10H,4-9H2,(H,18,19). The average Bonchev–Trinajstić information content (AvgIpc) is 2.80. The third-order valence-corrected chi connectivity index (χ3v) is 3.85. The van der Waals surface area contributed by atoms with Crippen LogP contribution < -0.4 is 0 Å². The Morgan fingerprint density at radius 2 is 2.32 bits per heavy atom. The number of carboxylic acids is 1. The molecule has 1 aliphatic rings. The van der Waals surface area contributed by atoms with Crippen molar-refractivity contribution < 1.29 is 14.3 Å². The van der Waals surface area contributed by atoms with Crippen molar-refractivity contribution in [3.05, 3.63) is 34.6 Å². The van der Waals surface area contributed by atoms with E-state index < -0.39 is 5.97 Å². The normalized spacial score (nSPS) is 19.8. The molecule has 0 amide bonds. The van der Waals surface area contributed by atoms with Crippen molar-refractivity contribution in [3.63, 3.8) is 0 Å². The fourth-order valence-corrected chi connectivity index (χ4v) is 2.73. The summed E-state index contributed by atoms with van der Waals surface area (Å²) in [5.74, 6) is -0.698. The molecule has 1 heterocycles. The minimum atomic E-state index is -0.751. The summed E-state index contributed by atoms with van der Waals surface area (Å²) >= 11 is 5.75. The lowest BCUT2D eigenvalue weighted by Gasteiger charge is -2.16. The molecule has 1 aliphatic heterocycles. The van der Waals surface area contributed by atoms with E-state index in [1.54, 1.807) is 18.2 Å². The Bertz CT molecular complexity index is 467. The molecular weight excluding hydrogens is 269 g/mol. The van der Waals surface area contributed by atoms with E-state index in [4.69, 9.17) is 16.7 Å². The molecule has 1 N–H and O–H groups in total. The maximum atomic E-state index is 13.8. The zero-order valence-corrected chi connectivity index (χ0v) is 11.4. The van der Waals surface area contributed by atoms with Gasteiger partial charge in [-0.1, -0.05) is 23.7 Å². The number of nitrogens with zero attached hydrogens (tertiary/aromatic N) is 1. The van der Waals surface area contributed by atoms with Crippen molar-refractivity contribution in [3.8, 4) is 0 Å². The number of benzene rings is 1. The number of rotatable bonds is 5. The van der Waals surface area contributed by atoms with Crippen LogP contribution in [0.3, 0.4) is 0 Å². The first-order valence-electron chi connectivity index (χ1n) is 6.43. The number of carbonyl (C=O) groups is 1. The van der Waals surface area contributed by atoms with Gasteiger partial charge in [-0.15, -0.1) is 0 Å². The number of hydrogen-bond donors (Lipinski definition) is 1. The molecule has 5 heteroatoms. The van der Waals surface area contributed by atoms with E-state index >= 15 is 0 Å². The third-order valence-electron chi connectivity index (χ3n) is 3.56. The monoisotopic (exact) mass is 285 g/mol. The van der Waals surface area contributed by atoms with Gasteiger partial charge in [0.05, 0.1) is 5.02 Å². The quantitative estimate of drug-likeness (QED) is 0.903. The molecule has 1 saturated heterocycles. The lowest BCUT2D eigenvalue weighted by molar-refractivity contribution is -0.137. The van der Waals surface area contributed by atoms with E-state index in [0.717, 1.165) is 19.5 Å².